The van der Waals surface area contributed by atoms with Crippen molar-refractivity contribution < 1.29 is 5.11 Å². The van der Waals surface area contributed by atoms with E-state index >= 15 is 0 Å². The minimum absolute atomic E-state index is 0.331. The lowest BCUT2D eigenvalue weighted by molar-refractivity contribution is 0.180. The molecule has 0 radical (unpaired) electrons. The molecule has 4 rings (SSSR count). The molecular weight excluding hydrogens is 232 g/mol. The van der Waals surface area contributed by atoms with E-state index in [0.717, 1.165) is 24.8 Å². The van der Waals surface area contributed by atoms with Gasteiger partial charge in [-0.15, -0.1) is 0 Å². The van der Waals surface area contributed by atoms with Crippen LogP contribution in [0.3, 0.4) is 0 Å². The highest BCUT2D eigenvalue weighted by molar-refractivity contribution is 5.79. The fourth-order valence-corrected chi connectivity index (χ4v) is 3.39. The second-order valence-corrected chi connectivity index (χ2v) is 5.41. The van der Waals surface area contributed by atoms with Gasteiger partial charge in [-0.05, 0) is 52.6 Å². The minimum Gasteiger partial charge on any atom is -0.388 e. The summed E-state index contributed by atoms with van der Waals surface area (Å²) < 4.78 is 0. The van der Waals surface area contributed by atoms with Crippen LogP contribution in [0.25, 0.3) is 17.2 Å². The van der Waals surface area contributed by atoms with Gasteiger partial charge < -0.3 is 5.11 Å². The van der Waals surface area contributed by atoms with Crippen molar-refractivity contribution in [1.82, 2.24) is 0 Å². The molecule has 0 aromatic heterocycles. The Bertz CT molecular complexity index is 682. The second-order valence-electron chi connectivity index (χ2n) is 5.41. The Labute approximate surface area is 113 Å². The highest BCUT2D eigenvalue weighted by atomic mass is 16.3. The lowest BCUT2D eigenvalue weighted by Gasteiger charge is -2.26. The molecule has 0 saturated heterocycles. The van der Waals surface area contributed by atoms with Gasteiger partial charge in [0.25, 0.3) is 0 Å². The molecule has 0 saturated carbocycles. The number of hydrogen-bond acceptors (Lipinski definition) is 1. The monoisotopic (exact) mass is 248 g/mol. The molecule has 1 N–H and O–H groups in total. The van der Waals surface area contributed by atoms with E-state index in [-0.39, 0.29) is 6.10 Å². The molecule has 1 heteroatoms. The number of aliphatic hydroxyl groups is 1. The van der Waals surface area contributed by atoms with E-state index in [4.69, 9.17) is 0 Å². The summed E-state index contributed by atoms with van der Waals surface area (Å²) in [6.45, 7) is 0. The molecule has 0 heterocycles. The Kier molecular flexibility index (Phi) is 2.36. The number of hydrogen-bond donors (Lipinski definition) is 1. The molecule has 94 valence electrons. The molecule has 19 heavy (non-hydrogen) atoms. The molecule has 1 unspecified atom stereocenters. The largest absolute Gasteiger partial charge is 0.388 e. The van der Waals surface area contributed by atoms with Crippen LogP contribution in [0.4, 0.5) is 0 Å². The molecule has 0 aliphatic heterocycles. The first kappa shape index (κ1) is 11.0. The minimum atomic E-state index is -0.331. The van der Waals surface area contributed by atoms with Crippen molar-refractivity contribution in [3.8, 4) is 11.1 Å². The normalized spacial score (nSPS) is 19.5. The Morgan fingerprint density at radius 2 is 1.84 bits per heavy atom. The van der Waals surface area contributed by atoms with Gasteiger partial charge in [-0.1, -0.05) is 48.6 Å². The van der Waals surface area contributed by atoms with Crippen LogP contribution in [0.1, 0.15) is 34.8 Å². The predicted molar refractivity (Wildman–Crippen MR) is 77.9 cm³/mol. The zero-order valence-corrected chi connectivity index (χ0v) is 10.8. The summed E-state index contributed by atoms with van der Waals surface area (Å²) in [5, 5.41) is 10.1. The zero-order valence-electron chi connectivity index (χ0n) is 10.8. The Hall–Kier alpha value is -1.86. The van der Waals surface area contributed by atoms with Gasteiger partial charge in [0.2, 0.25) is 0 Å². The molecule has 2 aromatic rings. The van der Waals surface area contributed by atoms with E-state index < -0.39 is 0 Å². The molecule has 0 spiro atoms. The van der Waals surface area contributed by atoms with E-state index in [1.165, 1.54) is 27.8 Å². The number of fused-ring (bicyclic) bond motifs is 5. The lowest BCUT2D eigenvalue weighted by atomic mass is 9.79. The van der Waals surface area contributed by atoms with E-state index in [2.05, 4.69) is 48.6 Å². The average Bonchev–Trinajstić information content (AvgIpc) is 2.47. The van der Waals surface area contributed by atoms with Gasteiger partial charge in [0.05, 0.1) is 6.10 Å². The third-order valence-electron chi connectivity index (χ3n) is 4.35. The molecule has 1 nitrogen and oxygen atoms in total. The molecule has 1 atom stereocenters. The van der Waals surface area contributed by atoms with E-state index in [1.807, 2.05) is 0 Å². The van der Waals surface area contributed by atoms with Gasteiger partial charge in [0.15, 0.2) is 0 Å². The maximum absolute atomic E-state index is 10.1. The predicted octanol–water partition coefficient (Wildman–Crippen LogP) is 3.90. The summed E-state index contributed by atoms with van der Waals surface area (Å²) in [5.41, 5.74) is 7.91. The number of benzene rings is 2. The van der Waals surface area contributed by atoms with Crippen molar-refractivity contribution in [2.75, 3.05) is 0 Å². The van der Waals surface area contributed by atoms with Gasteiger partial charge in [-0.3, -0.25) is 0 Å². The molecule has 0 fully saturated rings. The average molecular weight is 248 g/mol. The highest BCUT2D eigenvalue weighted by Crippen LogP contribution is 2.40. The van der Waals surface area contributed by atoms with Crippen LogP contribution in [-0.4, -0.2) is 5.11 Å². The van der Waals surface area contributed by atoms with Crippen molar-refractivity contribution in [3.63, 3.8) is 0 Å². The van der Waals surface area contributed by atoms with Crippen LogP contribution in [0.2, 0.25) is 0 Å². The van der Waals surface area contributed by atoms with Gasteiger partial charge >= 0.3 is 0 Å². The zero-order chi connectivity index (χ0) is 12.8. The number of rotatable bonds is 0. The van der Waals surface area contributed by atoms with Crippen molar-refractivity contribution in [1.29, 1.82) is 0 Å². The highest BCUT2D eigenvalue weighted by Gasteiger charge is 2.23. The molecule has 2 aromatic carbocycles. The maximum Gasteiger partial charge on any atom is 0.0830 e. The van der Waals surface area contributed by atoms with Crippen LogP contribution >= 0.6 is 0 Å². The summed E-state index contributed by atoms with van der Waals surface area (Å²) >= 11 is 0. The van der Waals surface area contributed by atoms with Crippen LogP contribution in [0.5, 0.6) is 0 Å². The van der Waals surface area contributed by atoms with Gasteiger partial charge in [-0.2, -0.15) is 0 Å². The molecule has 0 bridgehead atoms. The van der Waals surface area contributed by atoms with Crippen molar-refractivity contribution >= 4 is 6.08 Å². The maximum atomic E-state index is 10.1. The fraction of sp³-hybridized carbons (Fsp3) is 0.222. The lowest BCUT2D eigenvalue weighted by Crippen LogP contribution is -2.11. The number of aryl methyl sites for hydroxylation is 1. The molecule has 2 aliphatic carbocycles. The van der Waals surface area contributed by atoms with E-state index in [9.17, 15) is 5.11 Å². The third-order valence-corrected chi connectivity index (χ3v) is 4.35. The van der Waals surface area contributed by atoms with Crippen LogP contribution in [-0.2, 0) is 12.8 Å². The van der Waals surface area contributed by atoms with E-state index in [0.29, 0.717) is 0 Å². The van der Waals surface area contributed by atoms with Crippen molar-refractivity contribution in [2.24, 2.45) is 0 Å². The first-order valence-corrected chi connectivity index (χ1v) is 6.93. The smallest absolute Gasteiger partial charge is 0.0830 e. The standard InChI is InChI=1S/C18H16O/c19-18-7-3-6-14-16-9-8-12-4-1-2-5-13(12)15(16)10-11-17(14)18/h1-6,10-11,18-19H,7-9H2. The Balaban J connectivity index is 1.99. The molecule has 2 aliphatic rings. The summed E-state index contributed by atoms with van der Waals surface area (Å²) in [6, 6.07) is 13.0. The van der Waals surface area contributed by atoms with Crippen molar-refractivity contribution in [2.45, 2.75) is 25.4 Å². The van der Waals surface area contributed by atoms with E-state index in [1.54, 1.807) is 0 Å². The first-order chi connectivity index (χ1) is 9.34. The fourth-order valence-electron chi connectivity index (χ4n) is 3.39. The van der Waals surface area contributed by atoms with Crippen LogP contribution in [0, 0.1) is 0 Å². The SMILES string of the molecule is OC1CC=Cc2c1ccc1c2CCc2ccccc2-1. The van der Waals surface area contributed by atoms with Crippen LogP contribution < -0.4 is 0 Å². The quantitative estimate of drug-likeness (QED) is 0.749. The van der Waals surface area contributed by atoms with Crippen LogP contribution in [0.15, 0.2) is 42.5 Å². The Morgan fingerprint density at radius 3 is 2.79 bits per heavy atom. The summed E-state index contributed by atoms with van der Waals surface area (Å²) in [7, 11) is 0. The second kappa shape index (κ2) is 4.07. The number of aliphatic hydroxyl groups excluding tert-OH is 1. The molecular formula is C18H16O. The third kappa shape index (κ3) is 1.58. The van der Waals surface area contributed by atoms with Gasteiger partial charge in [-0.25, -0.2) is 0 Å². The first-order valence-electron chi connectivity index (χ1n) is 6.93. The summed E-state index contributed by atoms with van der Waals surface area (Å²) in [5.74, 6) is 0. The molecule has 0 amide bonds. The summed E-state index contributed by atoms with van der Waals surface area (Å²) in [6.07, 6.45) is 6.86. The van der Waals surface area contributed by atoms with Crippen molar-refractivity contribution in [3.05, 3.63) is 64.7 Å². The summed E-state index contributed by atoms with van der Waals surface area (Å²) in [4.78, 5) is 0. The van der Waals surface area contributed by atoms with Gasteiger partial charge in [0, 0.05) is 0 Å². The Morgan fingerprint density at radius 1 is 0.947 bits per heavy atom. The topological polar surface area (TPSA) is 20.2 Å². The van der Waals surface area contributed by atoms with Gasteiger partial charge in [0.1, 0.15) is 0 Å².